The Balaban J connectivity index is 1.70. The van der Waals surface area contributed by atoms with Crippen molar-refractivity contribution in [3.05, 3.63) is 41.9 Å². The van der Waals surface area contributed by atoms with Gasteiger partial charge in [-0.1, -0.05) is 6.07 Å². The first-order valence-corrected chi connectivity index (χ1v) is 7.96. The van der Waals surface area contributed by atoms with E-state index in [0.717, 1.165) is 13.0 Å². The number of carbonyl (C=O) groups excluding carboxylic acids is 1. The minimum Gasteiger partial charge on any atom is -0.479 e. The van der Waals surface area contributed by atoms with Gasteiger partial charge >= 0.3 is 0 Å². The van der Waals surface area contributed by atoms with Crippen molar-refractivity contribution in [2.45, 2.75) is 12.5 Å². The lowest BCUT2D eigenvalue weighted by Crippen LogP contribution is -2.34. The van der Waals surface area contributed by atoms with Crippen molar-refractivity contribution in [2.75, 3.05) is 34.3 Å². The molecular weight excluding hydrogens is 308 g/mol. The van der Waals surface area contributed by atoms with E-state index >= 15 is 0 Å². The summed E-state index contributed by atoms with van der Waals surface area (Å²) in [5.74, 6) is 0.655. The van der Waals surface area contributed by atoms with Gasteiger partial charge in [0.25, 0.3) is 11.8 Å². The Hall–Kier alpha value is -2.41. The number of pyridine rings is 1. The number of rotatable bonds is 5. The fraction of sp³-hybridized carbons (Fsp3) is 0.471. The molecule has 0 radical (unpaired) electrons. The van der Waals surface area contributed by atoms with Crippen LogP contribution in [0, 0.1) is 5.92 Å². The van der Waals surface area contributed by atoms with Crippen molar-refractivity contribution in [1.29, 1.82) is 0 Å². The maximum absolute atomic E-state index is 12.5. The number of ether oxygens (including phenoxy) is 1. The zero-order valence-corrected chi connectivity index (χ0v) is 14.2. The van der Waals surface area contributed by atoms with Crippen LogP contribution in [0.3, 0.4) is 0 Å². The summed E-state index contributed by atoms with van der Waals surface area (Å²) in [5.41, 5.74) is 1.18. The Kier molecular flexibility index (Phi) is 4.80. The Morgan fingerprint density at radius 1 is 1.54 bits per heavy atom. The average Bonchev–Trinajstić information content (AvgIpc) is 3.22. The first kappa shape index (κ1) is 16.4. The summed E-state index contributed by atoms with van der Waals surface area (Å²) < 4.78 is 10.0. The van der Waals surface area contributed by atoms with Gasteiger partial charge in [-0.05, 0) is 42.7 Å². The molecule has 3 heterocycles. The Morgan fingerprint density at radius 2 is 2.38 bits per heavy atom. The Labute approximate surface area is 141 Å². The third-order valence-corrected chi connectivity index (χ3v) is 4.56. The fourth-order valence-electron chi connectivity index (χ4n) is 3.37. The molecule has 0 unspecified atom stereocenters. The van der Waals surface area contributed by atoms with Crippen LogP contribution >= 0.6 is 0 Å². The van der Waals surface area contributed by atoms with Gasteiger partial charge in [0.15, 0.2) is 0 Å². The highest BCUT2D eigenvalue weighted by Gasteiger charge is 2.35. The first-order valence-electron chi connectivity index (χ1n) is 7.96. The lowest BCUT2D eigenvalue weighted by Gasteiger charge is -2.28. The Bertz CT molecular complexity index is 688. The van der Waals surface area contributed by atoms with Crippen molar-refractivity contribution in [3.63, 3.8) is 0 Å². The molecule has 2 atom stereocenters. The summed E-state index contributed by atoms with van der Waals surface area (Å²) in [6.07, 6.45) is 4.72. The molecule has 0 bridgehead atoms. The van der Waals surface area contributed by atoms with Crippen LogP contribution in [0.2, 0.25) is 0 Å². The van der Waals surface area contributed by atoms with Crippen LogP contribution in [-0.2, 0) is 0 Å². The number of hydrogen-bond donors (Lipinski definition) is 0. The van der Waals surface area contributed by atoms with Gasteiger partial charge in [0.1, 0.15) is 0 Å². The lowest BCUT2D eigenvalue weighted by atomic mass is 9.94. The molecule has 1 aliphatic heterocycles. The third-order valence-electron chi connectivity index (χ3n) is 4.56. The summed E-state index contributed by atoms with van der Waals surface area (Å²) in [7, 11) is 5.39. The van der Waals surface area contributed by atoms with Gasteiger partial charge < -0.3 is 14.2 Å². The maximum atomic E-state index is 12.5. The van der Waals surface area contributed by atoms with Crippen LogP contribution in [0.5, 0.6) is 5.88 Å². The number of carbonyl (C=O) groups is 1. The van der Waals surface area contributed by atoms with Gasteiger partial charge in [-0.2, -0.15) is 0 Å². The zero-order valence-electron chi connectivity index (χ0n) is 14.2. The highest BCUT2D eigenvalue weighted by atomic mass is 16.5. The summed E-state index contributed by atoms with van der Waals surface area (Å²) in [6, 6.07) is 5.82. The molecule has 0 N–H and O–H groups in total. The molecule has 2 aromatic heterocycles. The SMILES string of the molecule is COc1cc(C(=O)N(C)C[C@@H]2CCN(C)[C@H]2c2cccnc2)on1. The summed E-state index contributed by atoms with van der Waals surface area (Å²) in [6.45, 7) is 1.65. The van der Waals surface area contributed by atoms with Gasteiger partial charge in [0.2, 0.25) is 5.76 Å². The number of nitrogens with zero attached hydrogens (tertiary/aromatic N) is 4. The highest BCUT2D eigenvalue weighted by molar-refractivity contribution is 5.91. The largest absolute Gasteiger partial charge is 0.479 e. The predicted molar refractivity (Wildman–Crippen MR) is 87.7 cm³/mol. The minimum atomic E-state index is -0.190. The number of hydrogen-bond acceptors (Lipinski definition) is 6. The normalized spacial score (nSPS) is 21.0. The summed E-state index contributed by atoms with van der Waals surface area (Å²) in [5, 5.41) is 3.68. The van der Waals surface area contributed by atoms with Crippen LogP contribution in [0.15, 0.2) is 35.1 Å². The molecule has 1 saturated heterocycles. The molecular formula is C17H22N4O3. The van der Waals surface area contributed by atoms with E-state index in [-0.39, 0.29) is 17.7 Å². The Morgan fingerprint density at radius 3 is 3.04 bits per heavy atom. The number of methoxy groups -OCH3 is 1. The fourth-order valence-corrected chi connectivity index (χ4v) is 3.37. The summed E-state index contributed by atoms with van der Waals surface area (Å²) >= 11 is 0. The molecule has 0 spiro atoms. The van der Waals surface area contributed by atoms with E-state index in [0.29, 0.717) is 18.3 Å². The second-order valence-electron chi connectivity index (χ2n) is 6.18. The van der Waals surface area contributed by atoms with Crippen LogP contribution in [0.1, 0.15) is 28.6 Å². The van der Waals surface area contributed by atoms with Gasteiger partial charge in [-0.25, -0.2) is 0 Å². The van der Waals surface area contributed by atoms with Crippen molar-refractivity contribution in [2.24, 2.45) is 5.92 Å². The van der Waals surface area contributed by atoms with Gasteiger partial charge in [0.05, 0.1) is 13.2 Å². The molecule has 0 saturated carbocycles. The average molecular weight is 330 g/mol. The molecule has 1 amide bonds. The predicted octanol–water partition coefficient (Wildman–Crippen LogP) is 1.84. The monoisotopic (exact) mass is 330 g/mol. The summed E-state index contributed by atoms with van der Waals surface area (Å²) in [4.78, 5) is 20.7. The molecule has 0 aromatic carbocycles. The van der Waals surface area contributed by atoms with Gasteiger partial charge in [0, 0.05) is 32.0 Å². The number of aromatic nitrogens is 2. The number of likely N-dealkylation sites (tertiary alicyclic amines) is 1. The van der Waals surface area contributed by atoms with E-state index in [1.54, 1.807) is 18.1 Å². The smallest absolute Gasteiger partial charge is 0.292 e. The zero-order chi connectivity index (χ0) is 17.1. The molecule has 7 nitrogen and oxygen atoms in total. The lowest BCUT2D eigenvalue weighted by molar-refractivity contribution is 0.0719. The maximum Gasteiger partial charge on any atom is 0.292 e. The third kappa shape index (κ3) is 3.26. The second-order valence-corrected chi connectivity index (χ2v) is 6.18. The molecule has 3 rings (SSSR count). The minimum absolute atomic E-state index is 0.190. The van der Waals surface area contributed by atoms with Crippen molar-refractivity contribution in [1.82, 2.24) is 19.9 Å². The molecule has 1 fully saturated rings. The van der Waals surface area contributed by atoms with Crippen LogP contribution in [0.25, 0.3) is 0 Å². The first-order chi connectivity index (χ1) is 11.6. The highest BCUT2D eigenvalue weighted by Crippen LogP contribution is 2.36. The molecule has 128 valence electrons. The van der Waals surface area contributed by atoms with E-state index < -0.39 is 0 Å². The molecule has 7 heteroatoms. The quantitative estimate of drug-likeness (QED) is 0.833. The number of amides is 1. The van der Waals surface area contributed by atoms with Crippen LogP contribution in [0.4, 0.5) is 0 Å². The van der Waals surface area contributed by atoms with Gasteiger partial charge in [-0.3, -0.25) is 14.7 Å². The second kappa shape index (κ2) is 7.00. The van der Waals surface area contributed by atoms with Crippen LogP contribution in [-0.4, -0.2) is 60.1 Å². The van der Waals surface area contributed by atoms with Crippen molar-refractivity contribution >= 4 is 5.91 Å². The van der Waals surface area contributed by atoms with E-state index in [1.165, 1.54) is 18.7 Å². The van der Waals surface area contributed by atoms with E-state index in [2.05, 4.69) is 28.2 Å². The van der Waals surface area contributed by atoms with Crippen molar-refractivity contribution in [3.8, 4) is 5.88 Å². The molecule has 1 aliphatic rings. The van der Waals surface area contributed by atoms with Crippen LogP contribution < -0.4 is 4.74 Å². The van der Waals surface area contributed by atoms with E-state index in [4.69, 9.17) is 9.26 Å². The van der Waals surface area contributed by atoms with Crippen molar-refractivity contribution < 1.29 is 14.1 Å². The molecule has 0 aliphatic carbocycles. The standard InChI is InChI=1S/C17H22N4O3/c1-20-8-6-13(16(20)12-5-4-7-18-10-12)11-21(2)17(22)14-9-15(23-3)19-24-14/h4-5,7,9-10,13,16H,6,8,11H2,1-3H3/t13-,16-/m0/s1. The topological polar surface area (TPSA) is 71.7 Å². The molecule has 2 aromatic rings. The van der Waals surface area contributed by atoms with E-state index in [1.807, 2.05) is 12.3 Å². The molecule has 24 heavy (non-hydrogen) atoms. The van der Waals surface area contributed by atoms with E-state index in [9.17, 15) is 4.79 Å². The van der Waals surface area contributed by atoms with Gasteiger partial charge in [-0.15, -0.1) is 0 Å².